The Morgan fingerprint density at radius 2 is 1.86 bits per heavy atom. The fourth-order valence-electron chi connectivity index (χ4n) is 0.927. The van der Waals surface area contributed by atoms with Crippen molar-refractivity contribution in [2.24, 2.45) is 0 Å². The third-order valence-electron chi connectivity index (χ3n) is 1.65. The van der Waals surface area contributed by atoms with Gasteiger partial charge in [0.2, 0.25) is 0 Å². The monoisotopic (exact) mass is 269 g/mol. The lowest BCUT2D eigenvalue weighted by atomic mass is 10.1. The van der Waals surface area contributed by atoms with Gasteiger partial charge in [-0.25, -0.2) is 0 Å². The van der Waals surface area contributed by atoms with E-state index < -0.39 is 0 Å². The van der Waals surface area contributed by atoms with Crippen LogP contribution in [0.3, 0.4) is 0 Å². The van der Waals surface area contributed by atoms with Crippen LogP contribution in [0.15, 0.2) is 41.0 Å². The minimum atomic E-state index is 0.853. The van der Waals surface area contributed by atoms with E-state index >= 15 is 0 Å². The Balaban J connectivity index is 2.75. The summed E-state index contributed by atoms with van der Waals surface area (Å²) in [7, 11) is 3.95. The first-order valence-electron chi connectivity index (χ1n) is 4.24. The molecule has 0 unspecified atom stereocenters. The van der Waals surface area contributed by atoms with E-state index in [9.17, 15) is 0 Å². The minimum absolute atomic E-state index is 0.853. The van der Waals surface area contributed by atoms with Crippen molar-refractivity contribution in [1.82, 2.24) is 4.90 Å². The van der Waals surface area contributed by atoms with Gasteiger partial charge in [-0.1, -0.05) is 40.3 Å². The van der Waals surface area contributed by atoms with Gasteiger partial charge < -0.3 is 4.90 Å². The molecule has 0 atom stereocenters. The van der Waals surface area contributed by atoms with Crippen LogP contribution in [-0.2, 0) is 0 Å². The Morgan fingerprint density at radius 3 is 2.36 bits per heavy atom. The molecular formula is C11H12BrNS. The van der Waals surface area contributed by atoms with E-state index in [1.807, 2.05) is 55.5 Å². The van der Waals surface area contributed by atoms with Crippen molar-refractivity contribution in [3.63, 3.8) is 0 Å². The molecule has 0 spiro atoms. The molecule has 1 rings (SSSR count). The second-order valence-corrected chi connectivity index (χ2v) is 4.51. The molecule has 0 heterocycles. The van der Waals surface area contributed by atoms with Crippen LogP contribution in [0.5, 0.6) is 0 Å². The van der Waals surface area contributed by atoms with E-state index in [4.69, 9.17) is 12.2 Å². The number of benzene rings is 1. The fraction of sp³-hybridized carbons (Fsp3) is 0.182. The maximum Gasteiger partial charge on any atom is 0.0463 e. The number of halogens is 1. The number of nitrogens with zero attached hydrogens (tertiary/aromatic N) is 1. The van der Waals surface area contributed by atoms with Crippen LogP contribution >= 0.6 is 28.1 Å². The minimum Gasteiger partial charge on any atom is -0.383 e. The third kappa shape index (κ3) is 3.60. The molecule has 0 aromatic heterocycles. The average Bonchev–Trinajstić information content (AvgIpc) is 2.15. The molecule has 0 aliphatic rings. The van der Waals surface area contributed by atoms with Crippen molar-refractivity contribution in [3.8, 4) is 0 Å². The average molecular weight is 270 g/mol. The lowest BCUT2D eigenvalue weighted by molar-refractivity contribution is 0.564. The van der Waals surface area contributed by atoms with Gasteiger partial charge in [0.15, 0.2) is 0 Å². The van der Waals surface area contributed by atoms with E-state index in [0.29, 0.717) is 0 Å². The zero-order valence-electron chi connectivity index (χ0n) is 8.20. The van der Waals surface area contributed by atoms with Crippen molar-refractivity contribution in [1.29, 1.82) is 0 Å². The Labute approximate surface area is 98.6 Å². The second kappa shape index (κ2) is 5.27. The van der Waals surface area contributed by atoms with Crippen LogP contribution < -0.4 is 0 Å². The molecule has 3 heteroatoms. The highest BCUT2D eigenvalue weighted by atomic mass is 79.9. The summed E-state index contributed by atoms with van der Waals surface area (Å²) in [6, 6.07) is 8.00. The van der Waals surface area contributed by atoms with Gasteiger partial charge in [0.05, 0.1) is 0 Å². The molecule has 1 nitrogen and oxygen atoms in total. The molecule has 0 saturated heterocycles. The number of thiocarbonyl (C=S) groups is 1. The van der Waals surface area contributed by atoms with Crippen LogP contribution in [0.4, 0.5) is 0 Å². The summed E-state index contributed by atoms with van der Waals surface area (Å²) in [6.45, 7) is 0. The zero-order valence-corrected chi connectivity index (χ0v) is 10.6. The number of hydrogen-bond acceptors (Lipinski definition) is 2. The summed E-state index contributed by atoms with van der Waals surface area (Å²) in [4.78, 5) is 2.82. The van der Waals surface area contributed by atoms with Gasteiger partial charge in [0, 0.05) is 23.4 Å². The first-order valence-corrected chi connectivity index (χ1v) is 5.44. The van der Waals surface area contributed by atoms with Crippen molar-refractivity contribution in [2.75, 3.05) is 14.1 Å². The Hall–Kier alpha value is -0.670. The summed E-state index contributed by atoms with van der Waals surface area (Å²) < 4.78 is 1.07. The van der Waals surface area contributed by atoms with Crippen LogP contribution in [0.1, 0.15) is 5.56 Å². The molecule has 0 saturated carbocycles. The zero-order chi connectivity index (χ0) is 10.6. The molecule has 0 N–H and O–H groups in total. The first kappa shape index (κ1) is 11.4. The normalized spacial score (nSPS) is 10.5. The Bertz CT molecular complexity index is 341. The molecule has 0 radical (unpaired) electrons. The summed E-state index contributed by atoms with van der Waals surface area (Å²) in [5.41, 5.74) is 1.07. The molecule has 0 bridgehead atoms. The number of rotatable bonds is 3. The van der Waals surface area contributed by atoms with Crippen LogP contribution in [0.25, 0.3) is 0 Å². The van der Waals surface area contributed by atoms with Gasteiger partial charge in [0.25, 0.3) is 0 Å². The lowest BCUT2D eigenvalue weighted by Gasteiger charge is -2.04. The molecule has 14 heavy (non-hydrogen) atoms. The summed E-state index contributed by atoms with van der Waals surface area (Å²) >= 11 is 8.64. The summed E-state index contributed by atoms with van der Waals surface area (Å²) in [5.74, 6) is 0. The van der Waals surface area contributed by atoms with Gasteiger partial charge in [-0.05, 0) is 30.0 Å². The van der Waals surface area contributed by atoms with Gasteiger partial charge in [-0.15, -0.1) is 0 Å². The first-order chi connectivity index (χ1) is 6.59. The van der Waals surface area contributed by atoms with Crippen LogP contribution in [0, 0.1) is 0 Å². The van der Waals surface area contributed by atoms with Gasteiger partial charge in [0.1, 0.15) is 0 Å². The molecule has 1 aromatic rings. The largest absolute Gasteiger partial charge is 0.383 e. The highest BCUT2D eigenvalue weighted by Crippen LogP contribution is 2.11. The van der Waals surface area contributed by atoms with Crippen molar-refractivity contribution >= 4 is 33.0 Å². The van der Waals surface area contributed by atoms with Crippen molar-refractivity contribution in [2.45, 2.75) is 0 Å². The van der Waals surface area contributed by atoms with Crippen molar-refractivity contribution < 1.29 is 0 Å². The third-order valence-corrected chi connectivity index (χ3v) is 2.55. The molecule has 0 fully saturated rings. The maximum atomic E-state index is 5.25. The summed E-state index contributed by atoms with van der Waals surface area (Å²) in [5, 5.41) is 0. The van der Waals surface area contributed by atoms with Gasteiger partial charge in [-0.2, -0.15) is 0 Å². The van der Waals surface area contributed by atoms with E-state index in [1.165, 1.54) is 0 Å². The smallest absolute Gasteiger partial charge is 0.0463 e. The highest BCUT2D eigenvalue weighted by Gasteiger charge is 1.96. The SMILES string of the molecule is CN(C)C=CC(=S)c1ccc(Br)cc1. The van der Waals surface area contributed by atoms with E-state index in [2.05, 4.69) is 15.9 Å². The molecule has 1 aromatic carbocycles. The predicted molar refractivity (Wildman–Crippen MR) is 68.7 cm³/mol. The van der Waals surface area contributed by atoms with E-state index in [0.717, 1.165) is 14.9 Å². The summed E-state index contributed by atoms with van der Waals surface area (Å²) in [6.07, 6.45) is 3.88. The molecule has 0 aliphatic carbocycles. The molecule has 0 aliphatic heterocycles. The Morgan fingerprint density at radius 1 is 1.29 bits per heavy atom. The molecule has 74 valence electrons. The maximum absolute atomic E-state index is 5.25. The van der Waals surface area contributed by atoms with Crippen molar-refractivity contribution in [3.05, 3.63) is 46.6 Å². The fourth-order valence-corrected chi connectivity index (χ4v) is 1.39. The van der Waals surface area contributed by atoms with E-state index in [1.54, 1.807) is 0 Å². The number of hydrogen-bond donors (Lipinski definition) is 0. The van der Waals surface area contributed by atoms with E-state index in [-0.39, 0.29) is 0 Å². The lowest BCUT2D eigenvalue weighted by Crippen LogP contribution is -2.02. The molecule has 0 amide bonds. The highest BCUT2D eigenvalue weighted by molar-refractivity contribution is 9.10. The number of allylic oxidation sites excluding steroid dienone is 1. The quantitative estimate of drug-likeness (QED) is 0.471. The second-order valence-electron chi connectivity index (χ2n) is 3.15. The van der Waals surface area contributed by atoms with Gasteiger partial charge >= 0.3 is 0 Å². The topological polar surface area (TPSA) is 3.24 Å². The molecular weight excluding hydrogens is 258 g/mol. The van der Waals surface area contributed by atoms with Crippen LogP contribution in [0.2, 0.25) is 0 Å². The Kier molecular flexibility index (Phi) is 4.29. The van der Waals surface area contributed by atoms with Crippen LogP contribution in [-0.4, -0.2) is 23.9 Å². The standard InChI is InChI=1S/C11H12BrNS/c1-13(2)8-7-11(14)9-3-5-10(12)6-4-9/h3-8H,1-2H3. The van der Waals surface area contributed by atoms with Gasteiger partial charge in [-0.3, -0.25) is 0 Å². The predicted octanol–water partition coefficient (Wildman–Crippen LogP) is 3.24.